The maximum Gasteiger partial charge on any atom is 0.305 e. The van der Waals surface area contributed by atoms with Crippen LogP contribution in [-0.4, -0.2) is 78.0 Å². The van der Waals surface area contributed by atoms with Crippen molar-refractivity contribution in [3.05, 3.63) is 0 Å². The molecule has 0 aromatic heterocycles. The van der Waals surface area contributed by atoms with Gasteiger partial charge in [0.05, 0.1) is 52.9 Å². The van der Waals surface area contributed by atoms with Gasteiger partial charge < -0.3 is 28.4 Å². The van der Waals surface area contributed by atoms with Crippen molar-refractivity contribution < 1.29 is 38.0 Å². The Balaban J connectivity index is 3.19. The number of unbranched alkanes of at least 4 members (excludes halogenated alkanes) is 16. The van der Waals surface area contributed by atoms with E-state index >= 15 is 0 Å². The minimum atomic E-state index is -0.145. The fourth-order valence-electron chi connectivity index (χ4n) is 4.49. The number of rotatable bonds is 35. The Labute approximate surface area is 258 Å². The molecule has 0 aromatic carbocycles. The van der Waals surface area contributed by atoms with Crippen LogP contribution >= 0.6 is 0 Å². The minimum absolute atomic E-state index is 0.131. The highest BCUT2D eigenvalue weighted by atomic mass is 16.6. The minimum Gasteiger partial charge on any atom is -0.463 e. The highest BCUT2D eigenvalue weighted by molar-refractivity contribution is 5.69. The van der Waals surface area contributed by atoms with Crippen molar-refractivity contribution in [1.82, 2.24) is 0 Å². The Hall–Kier alpha value is -1.22. The Bertz CT molecular complexity index is 558. The van der Waals surface area contributed by atoms with Gasteiger partial charge in [0.15, 0.2) is 0 Å². The summed E-state index contributed by atoms with van der Waals surface area (Å²) in [6.07, 6.45) is 23.4. The molecule has 0 heterocycles. The molecular formula is C34H66O8. The molecule has 42 heavy (non-hydrogen) atoms. The summed E-state index contributed by atoms with van der Waals surface area (Å²) in [4.78, 5) is 23.4. The first-order valence-corrected chi connectivity index (χ1v) is 17.3. The second kappa shape index (κ2) is 36.0. The maximum atomic E-state index is 11.8. The smallest absolute Gasteiger partial charge is 0.305 e. The standard InChI is InChI=1S/C34H66O8/c1-3-5-7-9-10-11-12-13-14-15-16-18-20-22-34(36)42-32-30-40-28-26-38-24-23-37-25-27-39-29-31-41-33(35)21-19-17-8-6-4-2/h3-32H2,1-2H3. The molecule has 0 fully saturated rings. The Kier molecular flexibility index (Phi) is 34.9. The van der Waals surface area contributed by atoms with Crippen LogP contribution in [0.25, 0.3) is 0 Å². The lowest BCUT2D eigenvalue weighted by Crippen LogP contribution is -2.15. The van der Waals surface area contributed by atoms with Gasteiger partial charge in [0.25, 0.3) is 0 Å². The Morgan fingerprint density at radius 1 is 0.333 bits per heavy atom. The molecule has 0 spiro atoms. The second-order valence-corrected chi connectivity index (χ2v) is 11.0. The van der Waals surface area contributed by atoms with Crippen LogP contribution in [0.4, 0.5) is 0 Å². The number of carbonyl (C=O) groups is 2. The van der Waals surface area contributed by atoms with Gasteiger partial charge in [-0.15, -0.1) is 0 Å². The first kappa shape index (κ1) is 40.8. The molecule has 0 aliphatic carbocycles. The lowest BCUT2D eigenvalue weighted by atomic mass is 10.0. The number of esters is 2. The SMILES string of the molecule is CCCCCCCCCCCCCCCC(=O)OCCOCCOCCOCCOCCOC(=O)CCCCCCC. The zero-order chi connectivity index (χ0) is 30.6. The highest BCUT2D eigenvalue weighted by Crippen LogP contribution is 2.13. The molecule has 0 amide bonds. The van der Waals surface area contributed by atoms with Crippen LogP contribution in [0, 0.1) is 0 Å². The lowest BCUT2D eigenvalue weighted by Gasteiger charge is -2.08. The van der Waals surface area contributed by atoms with E-state index in [1.54, 1.807) is 0 Å². The fraction of sp³-hybridized carbons (Fsp3) is 0.941. The first-order chi connectivity index (χ1) is 20.7. The molecule has 250 valence electrons. The van der Waals surface area contributed by atoms with Crippen molar-refractivity contribution in [2.24, 2.45) is 0 Å². The van der Waals surface area contributed by atoms with Gasteiger partial charge in [-0.3, -0.25) is 9.59 Å². The summed E-state index contributed by atoms with van der Waals surface area (Å²) in [6, 6.07) is 0. The third-order valence-electron chi connectivity index (χ3n) is 7.07. The van der Waals surface area contributed by atoms with Gasteiger partial charge in [-0.1, -0.05) is 117 Å². The van der Waals surface area contributed by atoms with Gasteiger partial charge in [-0.25, -0.2) is 0 Å². The monoisotopic (exact) mass is 602 g/mol. The fourth-order valence-corrected chi connectivity index (χ4v) is 4.49. The molecule has 0 bridgehead atoms. The van der Waals surface area contributed by atoms with Crippen LogP contribution in [0.1, 0.15) is 142 Å². The van der Waals surface area contributed by atoms with Gasteiger partial charge in [-0.05, 0) is 12.8 Å². The van der Waals surface area contributed by atoms with Crippen LogP contribution in [0.5, 0.6) is 0 Å². The van der Waals surface area contributed by atoms with Crippen LogP contribution in [0.2, 0.25) is 0 Å². The van der Waals surface area contributed by atoms with E-state index in [1.807, 2.05) is 0 Å². The molecule has 0 unspecified atom stereocenters. The van der Waals surface area contributed by atoms with Crippen LogP contribution < -0.4 is 0 Å². The van der Waals surface area contributed by atoms with Crippen molar-refractivity contribution in [2.45, 2.75) is 142 Å². The normalized spacial score (nSPS) is 11.2. The summed E-state index contributed by atoms with van der Waals surface area (Å²) in [5, 5.41) is 0. The van der Waals surface area contributed by atoms with Crippen LogP contribution in [0.3, 0.4) is 0 Å². The largest absolute Gasteiger partial charge is 0.463 e. The van der Waals surface area contributed by atoms with Gasteiger partial charge in [0.2, 0.25) is 0 Å². The average Bonchev–Trinajstić information content (AvgIpc) is 2.99. The molecule has 0 rings (SSSR count). The van der Waals surface area contributed by atoms with Crippen LogP contribution in [0.15, 0.2) is 0 Å². The molecule has 0 radical (unpaired) electrons. The van der Waals surface area contributed by atoms with E-state index in [0.29, 0.717) is 72.3 Å². The summed E-state index contributed by atoms with van der Waals surface area (Å²) < 4.78 is 32.1. The number of hydrogen-bond acceptors (Lipinski definition) is 8. The average molecular weight is 603 g/mol. The molecule has 0 aliphatic rings. The van der Waals surface area contributed by atoms with Gasteiger partial charge in [0.1, 0.15) is 13.2 Å². The third-order valence-corrected chi connectivity index (χ3v) is 7.07. The van der Waals surface area contributed by atoms with E-state index in [2.05, 4.69) is 13.8 Å². The molecule has 0 aromatic rings. The molecule has 0 atom stereocenters. The second-order valence-electron chi connectivity index (χ2n) is 11.0. The molecule has 0 aliphatic heterocycles. The zero-order valence-corrected chi connectivity index (χ0v) is 27.5. The maximum absolute atomic E-state index is 11.8. The predicted molar refractivity (Wildman–Crippen MR) is 169 cm³/mol. The van der Waals surface area contributed by atoms with Gasteiger partial charge >= 0.3 is 11.9 Å². The van der Waals surface area contributed by atoms with E-state index in [1.165, 1.54) is 89.9 Å². The third kappa shape index (κ3) is 35.0. The van der Waals surface area contributed by atoms with E-state index < -0.39 is 0 Å². The number of hydrogen-bond donors (Lipinski definition) is 0. The van der Waals surface area contributed by atoms with Crippen molar-refractivity contribution in [1.29, 1.82) is 0 Å². The van der Waals surface area contributed by atoms with Crippen molar-refractivity contribution in [3.8, 4) is 0 Å². The molecule has 8 nitrogen and oxygen atoms in total. The predicted octanol–water partition coefficient (Wildman–Crippen LogP) is 7.98. The van der Waals surface area contributed by atoms with E-state index in [-0.39, 0.29) is 18.5 Å². The summed E-state index contributed by atoms with van der Waals surface area (Å²) >= 11 is 0. The molecule has 8 heteroatoms. The van der Waals surface area contributed by atoms with E-state index in [4.69, 9.17) is 28.4 Å². The van der Waals surface area contributed by atoms with Crippen molar-refractivity contribution >= 4 is 11.9 Å². The van der Waals surface area contributed by atoms with E-state index in [0.717, 1.165) is 25.7 Å². The molecule has 0 saturated carbocycles. The Morgan fingerprint density at radius 3 is 0.857 bits per heavy atom. The first-order valence-electron chi connectivity index (χ1n) is 17.3. The summed E-state index contributed by atoms with van der Waals surface area (Å²) in [5.74, 6) is -0.276. The molecule has 0 saturated heterocycles. The van der Waals surface area contributed by atoms with E-state index in [9.17, 15) is 9.59 Å². The number of carbonyl (C=O) groups excluding carboxylic acids is 2. The number of ether oxygens (including phenoxy) is 6. The molecule has 0 N–H and O–H groups in total. The summed E-state index contributed by atoms with van der Waals surface area (Å²) in [6.45, 7) is 8.59. The summed E-state index contributed by atoms with van der Waals surface area (Å²) in [7, 11) is 0. The molecular weight excluding hydrogens is 536 g/mol. The highest BCUT2D eigenvalue weighted by Gasteiger charge is 2.04. The van der Waals surface area contributed by atoms with Crippen LogP contribution in [-0.2, 0) is 38.0 Å². The quantitative estimate of drug-likeness (QED) is 0.0533. The Morgan fingerprint density at radius 2 is 0.571 bits per heavy atom. The topological polar surface area (TPSA) is 89.5 Å². The summed E-state index contributed by atoms with van der Waals surface area (Å²) in [5.41, 5.74) is 0. The van der Waals surface area contributed by atoms with Gasteiger partial charge in [0, 0.05) is 12.8 Å². The zero-order valence-electron chi connectivity index (χ0n) is 27.5. The lowest BCUT2D eigenvalue weighted by molar-refractivity contribution is -0.146. The van der Waals surface area contributed by atoms with Gasteiger partial charge in [-0.2, -0.15) is 0 Å². The van der Waals surface area contributed by atoms with Crippen molar-refractivity contribution in [3.63, 3.8) is 0 Å². The van der Waals surface area contributed by atoms with Crippen molar-refractivity contribution in [2.75, 3.05) is 66.1 Å².